The fourth-order valence-corrected chi connectivity index (χ4v) is 3.07. The second kappa shape index (κ2) is 6.56. The first kappa shape index (κ1) is 13.9. The molecule has 0 spiro atoms. The van der Waals surface area contributed by atoms with Crippen molar-refractivity contribution >= 4 is 29.9 Å². The molecule has 96 valence electrons. The highest BCUT2D eigenvalue weighted by Crippen LogP contribution is 2.12. The summed E-state index contributed by atoms with van der Waals surface area (Å²) in [5.74, 6) is 0.0231. The Labute approximate surface area is 116 Å². The summed E-state index contributed by atoms with van der Waals surface area (Å²) in [7, 11) is 5.85. The number of hydrogen-bond donors (Lipinski definition) is 0. The van der Waals surface area contributed by atoms with Crippen LogP contribution in [0.15, 0.2) is 24.3 Å². The van der Waals surface area contributed by atoms with Crippen LogP contribution in [0.25, 0.3) is 0 Å². The molecule has 0 aromatic heterocycles. The molecule has 0 saturated carbocycles. The molecule has 0 bridgehead atoms. The van der Waals surface area contributed by atoms with Gasteiger partial charge >= 0.3 is 13.9 Å². The predicted octanol–water partition coefficient (Wildman–Crippen LogP) is 1.71. The topological polar surface area (TPSA) is 38.8 Å². The van der Waals surface area contributed by atoms with Crippen molar-refractivity contribution in [2.45, 2.75) is 6.92 Å². The molecule has 0 unspecified atom stereocenters. The normalized spacial score (nSPS) is 17.2. The van der Waals surface area contributed by atoms with Gasteiger partial charge in [-0.25, -0.2) is 0 Å². The summed E-state index contributed by atoms with van der Waals surface area (Å²) < 4.78 is 10.6. The van der Waals surface area contributed by atoms with E-state index in [0.29, 0.717) is 26.3 Å². The number of halogens is 1. The summed E-state index contributed by atoms with van der Waals surface area (Å²) in [6.07, 6.45) is 0. The van der Waals surface area contributed by atoms with E-state index >= 15 is 0 Å². The molecule has 18 heavy (non-hydrogen) atoms. The number of nitrogens with zero attached hydrogens (tertiary/aromatic N) is 1. The smallest absolute Gasteiger partial charge is 0.464 e. The number of carbonyl (C=O) groups is 1. The average Bonchev–Trinajstić information content (AvgIpc) is 2.33. The highest BCUT2D eigenvalue weighted by atomic mass is 35.6. The lowest BCUT2D eigenvalue weighted by molar-refractivity contribution is 0.0633. The van der Waals surface area contributed by atoms with Crippen LogP contribution in [0.4, 0.5) is 0 Å². The summed E-state index contributed by atoms with van der Waals surface area (Å²) in [5, 5.41) is 0. The zero-order chi connectivity index (χ0) is 13.0. The first-order valence-corrected chi connectivity index (χ1v) is 8.59. The van der Waals surface area contributed by atoms with Crippen LogP contribution in [0.3, 0.4) is 0 Å². The van der Waals surface area contributed by atoms with E-state index in [1.807, 2.05) is 31.2 Å². The van der Waals surface area contributed by atoms with E-state index in [1.165, 1.54) is 0 Å². The van der Waals surface area contributed by atoms with E-state index in [-0.39, 0.29) is 5.91 Å². The Bertz CT molecular complexity index is 420. The molecule has 4 nitrogen and oxygen atoms in total. The van der Waals surface area contributed by atoms with Crippen LogP contribution in [-0.2, 0) is 7.58 Å². The molecule has 0 N–H and O–H groups in total. The Morgan fingerprint density at radius 2 is 1.89 bits per heavy atom. The van der Waals surface area contributed by atoms with Crippen LogP contribution in [0.1, 0.15) is 15.9 Å². The van der Waals surface area contributed by atoms with Crippen molar-refractivity contribution in [2.75, 3.05) is 26.3 Å². The minimum absolute atomic E-state index is 0.0231. The second-order valence-corrected chi connectivity index (χ2v) is 6.41. The van der Waals surface area contributed by atoms with Crippen molar-refractivity contribution in [3.05, 3.63) is 35.4 Å². The fraction of sp³-hybridized carbons (Fsp3) is 0.417. The molecule has 0 aliphatic carbocycles. The number of hydrogen-bond acceptors (Lipinski definition) is 3. The van der Waals surface area contributed by atoms with Gasteiger partial charge in [0.25, 0.3) is 5.91 Å². The van der Waals surface area contributed by atoms with Gasteiger partial charge in [0.1, 0.15) is 0 Å². The number of amides is 1. The minimum Gasteiger partial charge on any atom is -0.464 e. The van der Waals surface area contributed by atoms with Gasteiger partial charge in [0, 0.05) is 31.9 Å². The highest BCUT2D eigenvalue weighted by molar-refractivity contribution is 6.99. The Hall–Kier alpha value is -0.568. The van der Waals surface area contributed by atoms with Gasteiger partial charge in [0.05, 0.1) is 0 Å². The van der Waals surface area contributed by atoms with Gasteiger partial charge in [0.15, 0.2) is 0 Å². The van der Waals surface area contributed by atoms with Crippen molar-refractivity contribution in [1.82, 2.24) is 4.90 Å². The summed E-state index contributed by atoms with van der Waals surface area (Å²) in [6, 6.07) is 7.58. The molecular formula is C12H15AlClNO3. The van der Waals surface area contributed by atoms with Crippen molar-refractivity contribution in [3.63, 3.8) is 0 Å². The maximum atomic E-state index is 12.4. The molecule has 1 fully saturated rings. The molecule has 1 saturated heterocycles. The lowest BCUT2D eigenvalue weighted by Crippen LogP contribution is -2.41. The van der Waals surface area contributed by atoms with E-state index in [0.717, 1.165) is 11.1 Å². The van der Waals surface area contributed by atoms with Gasteiger partial charge in [-0.15, -0.1) is 0 Å². The molecule has 1 aliphatic rings. The number of benzene rings is 1. The van der Waals surface area contributed by atoms with Crippen molar-refractivity contribution in [2.24, 2.45) is 0 Å². The zero-order valence-corrected chi connectivity index (χ0v) is 12.2. The number of rotatable bonds is 1. The fourth-order valence-electron chi connectivity index (χ4n) is 1.86. The second-order valence-electron chi connectivity index (χ2n) is 4.12. The Kier molecular flexibility index (Phi) is 5.05. The monoisotopic (exact) mass is 283 g/mol. The molecule has 2 rings (SSSR count). The van der Waals surface area contributed by atoms with Crippen molar-refractivity contribution < 1.29 is 12.4 Å². The molecule has 0 atom stereocenters. The SMILES string of the molecule is Cc1ccccc1C(=O)N1CC[O][Al]([Cl])[O]CC1. The molecule has 0 radical (unpaired) electrons. The van der Waals surface area contributed by atoms with Gasteiger partial charge < -0.3 is 12.5 Å². The zero-order valence-electron chi connectivity index (χ0n) is 10.3. The molecule has 1 aliphatic heterocycles. The van der Waals surface area contributed by atoms with E-state index in [9.17, 15) is 4.79 Å². The van der Waals surface area contributed by atoms with E-state index in [1.54, 1.807) is 4.90 Å². The number of aryl methyl sites for hydroxylation is 1. The molecule has 6 heteroatoms. The minimum atomic E-state index is -1.98. The Morgan fingerprint density at radius 1 is 1.28 bits per heavy atom. The lowest BCUT2D eigenvalue weighted by atomic mass is 10.1. The van der Waals surface area contributed by atoms with Gasteiger partial charge in [0.2, 0.25) is 0 Å². The van der Waals surface area contributed by atoms with Gasteiger partial charge in [-0.3, -0.25) is 4.79 Å². The highest BCUT2D eigenvalue weighted by Gasteiger charge is 2.27. The van der Waals surface area contributed by atoms with Crippen LogP contribution in [0.2, 0.25) is 0 Å². The molecular weight excluding hydrogens is 269 g/mol. The molecule has 1 aromatic rings. The van der Waals surface area contributed by atoms with Crippen LogP contribution in [0, 0.1) is 6.92 Å². The standard InChI is InChI=1S/C12H15NO3.Al.ClH/c1-10-4-2-3-5-11(10)12(16)13(6-8-14)7-9-15;;/h2-5H,6-9H2,1H3;;1H/q-2;+3;/p-1. The number of carbonyl (C=O) groups excluding carboxylic acids is 1. The van der Waals surface area contributed by atoms with Crippen LogP contribution in [-0.4, -0.2) is 51.0 Å². The first-order chi connectivity index (χ1) is 8.68. The third kappa shape index (κ3) is 3.47. The summed E-state index contributed by atoms with van der Waals surface area (Å²) in [6.45, 7) is 3.95. The van der Waals surface area contributed by atoms with Crippen LogP contribution >= 0.6 is 10.0 Å². The molecule has 1 amide bonds. The van der Waals surface area contributed by atoms with Gasteiger partial charge in [-0.05, 0) is 18.6 Å². The Morgan fingerprint density at radius 3 is 2.50 bits per heavy atom. The van der Waals surface area contributed by atoms with Crippen LogP contribution in [0.5, 0.6) is 0 Å². The molecule has 1 heterocycles. The summed E-state index contributed by atoms with van der Waals surface area (Å²) >= 11 is -1.98. The summed E-state index contributed by atoms with van der Waals surface area (Å²) in [5.41, 5.74) is 1.72. The first-order valence-electron chi connectivity index (χ1n) is 5.90. The van der Waals surface area contributed by atoms with E-state index in [4.69, 9.17) is 17.6 Å². The van der Waals surface area contributed by atoms with Crippen molar-refractivity contribution in [3.8, 4) is 0 Å². The Balaban J connectivity index is 2.06. The van der Waals surface area contributed by atoms with Gasteiger partial charge in [-0.2, -0.15) is 10.0 Å². The quantitative estimate of drug-likeness (QED) is 0.737. The molecule has 1 aromatic carbocycles. The predicted molar refractivity (Wildman–Crippen MR) is 70.6 cm³/mol. The third-order valence-electron chi connectivity index (χ3n) is 2.88. The van der Waals surface area contributed by atoms with Gasteiger partial charge in [-0.1, -0.05) is 18.2 Å². The third-order valence-corrected chi connectivity index (χ3v) is 4.63. The van der Waals surface area contributed by atoms with Crippen molar-refractivity contribution in [1.29, 1.82) is 0 Å². The maximum absolute atomic E-state index is 12.4. The van der Waals surface area contributed by atoms with E-state index < -0.39 is 13.9 Å². The van der Waals surface area contributed by atoms with E-state index in [2.05, 4.69) is 0 Å². The average molecular weight is 284 g/mol. The largest absolute Gasteiger partial charge is 0.813 e. The summed E-state index contributed by atoms with van der Waals surface area (Å²) in [4.78, 5) is 14.1. The maximum Gasteiger partial charge on any atom is 0.813 e. The van der Waals surface area contributed by atoms with Crippen LogP contribution < -0.4 is 0 Å². The lowest BCUT2D eigenvalue weighted by Gasteiger charge is -2.26.